The van der Waals surface area contributed by atoms with E-state index < -0.39 is 5.97 Å². The van der Waals surface area contributed by atoms with Crippen LogP contribution in [-0.2, 0) is 9.53 Å². The molecule has 0 bridgehead atoms. The molecule has 4 nitrogen and oxygen atoms in total. The van der Waals surface area contributed by atoms with Gasteiger partial charge in [-0.25, -0.2) is 0 Å². The molecular weight excluding hydrogens is 194 g/mol. The molecule has 0 saturated carbocycles. The van der Waals surface area contributed by atoms with Gasteiger partial charge in [0.1, 0.15) is 6.04 Å². The van der Waals surface area contributed by atoms with Crippen LogP contribution in [0.3, 0.4) is 0 Å². The van der Waals surface area contributed by atoms with Crippen LogP contribution in [-0.4, -0.2) is 47.8 Å². The number of likely N-dealkylation sites (N-methyl/N-ethyl adjacent to an activating group) is 1. The highest BCUT2D eigenvalue weighted by molar-refractivity contribution is 5.73. The van der Waals surface area contributed by atoms with Gasteiger partial charge in [0.25, 0.3) is 0 Å². The van der Waals surface area contributed by atoms with Crippen molar-refractivity contribution in [2.75, 3.05) is 19.8 Å². The molecule has 1 heterocycles. The Morgan fingerprint density at radius 2 is 2.07 bits per heavy atom. The monoisotopic (exact) mass is 215 g/mol. The second-order valence-electron chi connectivity index (χ2n) is 3.94. The van der Waals surface area contributed by atoms with E-state index in [1.807, 2.05) is 13.8 Å². The summed E-state index contributed by atoms with van der Waals surface area (Å²) in [6.07, 6.45) is 2.58. The largest absolute Gasteiger partial charge is 0.480 e. The average Bonchev–Trinajstić information content (AvgIpc) is 2.26. The lowest BCUT2D eigenvalue weighted by Gasteiger charge is -2.36. The van der Waals surface area contributed by atoms with Crippen LogP contribution in [0.5, 0.6) is 0 Å². The van der Waals surface area contributed by atoms with Gasteiger partial charge < -0.3 is 9.84 Å². The topological polar surface area (TPSA) is 49.8 Å². The second-order valence-corrected chi connectivity index (χ2v) is 3.94. The van der Waals surface area contributed by atoms with Gasteiger partial charge in [-0.05, 0) is 25.8 Å². The van der Waals surface area contributed by atoms with Crippen molar-refractivity contribution >= 4 is 5.97 Å². The minimum atomic E-state index is -0.703. The van der Waals surface area contributed by atoms with E-state index in [9.17, 15) is 4.79 Å². The molecule has 1 fully saturated rings. The first-order valence-electron chi connectivity index (χ1n) is 5.77. The van der Waals surface area contributed by atoms with Gasteiger partial charge in [0, 0.05) is 19.3 Å². The Labute approximate surface area is 91.2 Å². The first-order valence-corrected chi connectivity index (χ1v) is 5.77. The number of carboxylic acids is 1. The molecular formula is C11H21NO3. The summed E-state index contributed by atoms with van der Waals surface area (Å²) in [5.74, 6) is -0.703. The summed E-state index contributed by atoms with van der Waals surface area (Å²) in [7, 11) is 0. The summed E-state index contributed by atoms with van der Waals surface area (Å²) in [6.45, 7) is 6.28. The SMILES string of the molecule is CC[C@@H](C(=O)O)N(CC)C1CCOCC1. The minimum absolute atomic E-state index is 0.335. The molecule has 0 unspecified atom stereocenters. The number of nitrogens with zero attached hydrogens (tertiary/aromatic N) is 1. The fourth-order valence-electron chi connectivity index (χ4n) is 2.30. The molecule has 1 saturated heterocycles. The zero-order valence-electron chi connectivity index (χ0n) is 9.61. The summed E-state index contributed by atoms with van der Waals surface area (Å²) in [6, 6.07) is 0.0444. The Hall–Kier alpha value is -0.610. The fourth-order valence-corrected chi connectivity index (χ4v) is 2.30. The van der Waals surface area contributed by atoms with Gasteiger partial charge in [-0.15, -0.1) is 0 Å². The van der Waals surface area contributed by atoms with Crippen molar-refractivity contribution in [3.63, 3.8) is 0 Å². The zero-order chi connectivity index (χ0) is 11.3. The molecule has 0 amide bonds. The van der Waals surface area contributed by atoms with Crippen molar-refractivity contribution < 1.29 is 14.6 Å². The van der Waals surface area contributed by atoms with E-state index in [0.29, 0.717) is 12.5 Å². The molecule has 0 spiro atoms. The summed E-state index contributed by atoms with van der Waals surface area (Å²) in [5, 5.41) is 9.13. The van der Waals surface area contributed by atoms with Crippen molar-refractivity contribution in [3.8, 4) is 0 Å². The van der Waals surface area contributed by atoms with E-state index in [1.165, 1.54) is 0 Å². The number of hydrogen-bond acceptors (Lipinski definition) is 3. The Morgan fingerprint density at radius 3 is 2.47 bits per heavy atom. The molecule has 0 aromatic carbocycles. The molecule has 88 valence electrons. The summed E-state index contributed by atoms with van der Waals surface area (Å²) in [5.41, 5.74) is 0. The Morgan fingerprint density at radius 1 is 1.47 bits per heavy atom. The predicted octanol–water partition coefficient (Wildman–Crippen LogP) is 1.35. The predicted molar refractivity (Wildman–Crippen MR) is 57.9 cm³/mol. The molecule has 1 aliphatic rings. The Balaban J connectivity index is 2.62. The van der Waals surface area contributed by atoms with Gasteiger partial charge in [-0.2, -0.15) is 0 Å². The highest BCUT2D eigenvalue weighted by atomic mass is 16.5. The first-order chi connectivity index (χ1) is 7.20. The van der Waals surface area contributed by atoms with Gasteiger partial charge in [0.15, 0.2) is 0 Å². The smallest absolute Gasteiger partial charge is 0.320 e. The fraction of sp³-hybridized carbons (Fsp3) is 0.909. The molecule has 1 N–H and O–H groups in total. The summed E-state index contributed by atoms with van der Waals surface area (Å²) in [4.78, 5) is 13.2. The molecule has 0 aliphatic carbocycles. The van der Waals surface area contributed by atoms with E-state index in [4.69, 9.17) is 9.84 Å². The molecule has 0 aromatic rings. The third-order valence-electron chi connectivity index (χ3n) is 3.10. The number of hydrogen-bond donors (Lipinski definition) is 1. The number of ether oxygens (including phenoxy) is 1. The van der Waals surface area contributed by atoms with Crippen LogP contribution in [0.4, 0.5) is 0 Å². The van der Waals surface area contributed by atoms with Crippen LogP contribution in [0.2, 0.25) is 0 Å². The van der Waals surface area contributed by atoms with Gasteiger partial charge in [-0.1, -0.05) is 13.8 Å². The van der Waals surface area contributed by atoms with E-state index >= 15 is 0 Å². The van der Waals surface area contributed by atoms with Crippen LogP contribution < -0.4 is 0 Å². The second kappa shape index (κ2) is 6.08. The van der Waals surface area contributed by atoms with E-state index in [2.05, 4.69) is 4.90 Å². The lowest BCUT2D eigenvalue weighted by Crippen LogP contribution is -2.48. The third-order valence-corrected chi connectivity index (χ3v) is 3.10. The molecule has 1 aliphatic heterocycles. The maximum absolute atomic E-state index is 11.1. The Kier molecular flexibility index (Phi) is 5.05. The number of carbonyl (C=O) groups is 1. The summed E-state index contributed by atoms with van der Waals surface area (Å²) >= 11 is 0. The van der Waals surface area contributed by atoms with Crippen LogP contribution >= 0.6 is 0 Å². The standard InChI is InChI=1S/C11H21NO3/c1-3-10(11(13)14)12(4-2)9-5-7-15-8-6-9/h9-10H,3-8H2,1-2H3,(H,13,14)/t10-/m0/s1. The van der Waals surface area contributed by atoms with Crippen LogP contribution in [0, 0.1) is 0 Å². The van der Waals surface area contributed by atoms with Crippen LogP contribution in [0.1, 0.15) is 33.1 Å². The molecule has 1 atom stereocenters. The highest BCUT2D eigenvalue weighted by Crippen LogP contribution is 2.18. The number of aliphatic carboxylic acids is 1. The highest BCUT2D eigenvalue weighted by Gasteiger charge is 2.29. The van der Waals surface area contributed by atoms with Crippen molar-refractivity contribution in [1.82, 2.24) is 4.90 Å². The maximum atomic E-state index is 11.1. The van der Waals surface area contributed by atoms with Crippen molar-refractivity contribution in [2.24, 2.45) is 0 Å². The third kappa shape index (κ3) is 3.18. The van der Waals surface area contributed by atoms with Crippen molar-refractivity contribution in [1.29, 1.82) is 0 Å². The molecule has 0 radical (unpaired) electrons. The average molecular weight is 215 g/mol. The normalized spacial score (nSPS) is 20.5. The molecule has 0 aromatic heterocycles. The molecule has 15 heavy (non-hydrogen) atoms. The van der Waals surface area contributed by atoms with Gasteiger partial charge in [0.05, 0.1) is 0 Å². The van der Waals surface area contributed by atoms with Crippen LogP contribution in [0.15, 0.2) is 0 Å². The van der Waals surface area contributed by atoms with Gasteiger partial charge in [-0.3, -0.25) is 9.69 Å². The molecule has 4 heteroatoms. The minimum Gasteiger partial charge on any atom is -0.480 e. The van der Waals surface area contributed by atoms with E-state index in [0.717, 1.165) is 32.6 Å². The molecule has 1 rings (SSSR count). The lowest BCUT2D eigenvalue weighted by atomic mass is 10.0. The lowest BCUT2D eigenvalue weighted by molar-refractivity contribution is -0.145. The van der Waals surface area contributed by atoms with Gasteiger partial charge in [0.2, 0.25) is 0 Å². The Bertz CT molecular complexity index is 202. The number of rotatable bonds is 5. The van der Waals surface area contributed by atoms with Gasteiger partial charge >= 0.3 is 5.97 Å². The van der Waals surface area contributed by atoms with E-state index in [1.54, 1.807) is 0 Å². The first kappa shape index (κ1) is 12.5. The van der Waals surface area contributed by atoms with Crippen molar-refractivity contribution in [2.45, 2.75) is 45.2 Å². The summed E-state index contributed by atoms with van der Waals surface area (Å²) < 4.78 is 5.29. The van der Waals surface area contributed by atoms with E-state index in [-0.39, 0.29) is 6.04 Å². The van der Waals surface area contributed by atoms with Crippen LogP contribution in [0.25, 0.3) is 0 Å². The zero-order valence-corrected chi connectivity index (χ0v) is 9.61. The maximum Gasteiger partial charge on any atom is 0.320 e. The van der Waals surface area contributed by atoms with Crippen molar-refractivity contribution in [3.05, 3.63) is 0 Å². The number of carboxylic acid groups (broad SMARTS) is 1. The quantitative estimate of drug-likeness (QED) is 0.752.